The predicted molar refractivity (Wildman–Crippen MR) is 65.3 cm³/mol. The molecule has 0 aromatic carbocycles. The predicted octanol–water partition coefficient (Wildman–Crippen LogP) is -0.583. The van der Waals surface area contributed by atoms with Crippen molar-refractivity contribution in [3.8, 4) is 0 Å². The molecule has 0 unspecified atom stereocenters. The summed E-state index contributed by atoms with van der Waals surface area (Å²) in [5.41, 5.74) is 5.82. The van der Waals surface area contributed by atoms with Gasteiger partial charge in [0.05, 0.1) is 5.69 Å². The summed E-state index contributed by atoms with van der Waals surface area (Å²) in [4.78, 5) is 3.80. The third-order valence-electron chi connectivity index (χ3n) is 2.57. The third kappa shape index (κ3) is 2.48. The fourth-order valence-corrected chi connectivity index (χ4v) is 4.39. The van der Waals surface area contributed by atoms with E-state index in [4.69, 9.17) is 5.73 Å². The number of nitrogen functional groups attached to an aromatic ring is 1. The summed E-state index contributed by atoms with van der Waals surface area (Å²) in [5, 5.41) is 0. The van der Waals surface area contributed by atoms with Crippen molar-refractivity contribution in [1.29, 1.82) is 0 Å². The van der Waals surface area contributed by atoms with Gasteiger partial charge in [0.25, 0.3) is 0 Å². The molecule has 0 amide bonds. The monoisotopic (exact) mass is 275 g/mol. The molecule has 0 saturated carbocycles. The Labute approximate surface area is 102 Å². The van der Waals surface area contributed by atoms with Gasteiger partial charge in [-0.25, -0.2) is 8.42 Å². The minimum absolute atomic E-state index is 0.0210. The Balaban J connectivity index is 2.31. The number of sulfonamides is 1. The van der Waals surface area contributed by atoms with Crippen molar-refractivity contribution in [2.24, 2.45) is 0 Å². The number of hydrogen-bond acceptors (Lipinski definition) is 5. The molecular weight excluding hydrogens is 262 g/mol. The second-order valence-electron chi connectivity index (χ2n) is 3.67. The van der Waals surface area contributed by atoms with Gasteiger partial charge in [-0.3, -0.25) is 9.19 Å². The van der Waals surface area contributed by atoms with E-state index in [0.717, 1.165) is 0 Å². The van der Waals surface area contributed by atoms with Crippen LogP contribution < -0.4 is 5.73 Å². The molecule has 1 aliphatic heterocycles. The van der Waals surface area contributed by atoms with E-state index in [9.17, 15) is 12.6 Å². The average molecular weight is 275 g/mol. The van der Waals surface area contributed by atoms with Crippen LogP contribution >= 0.6 is 0 Å². The maximum atomic E-state index is 12.2. The lowest BCUT2D eigenvalue weighted by molar-refractivity contribution is 0.439. The second kappa shape index (κ2) is 4.71. The SMILES string of the molecule is Nc1ccncc1S(=O)(=O)N1CCS(=O)CC1. The van der Waals surface area contributed by atoms with Crippen LogP contribution in [-0.2, 0) is 20.8 Å². The van der Waals surface area contributed by atoms with E-state index in [1.165, 1.54) is 22.8 Å². The molecule has 0 spiro atoms. The van der Waals surface area contributed by atoms with E-state index in [-0.39, 0.29) is 23.7 Å². The zero-order chi connectivity index (χ0) is 12.5. The quantitative estimate of drug-likeness (QED) is 0.779. The highest BCUT2D eigenvalue weighted by Gasteiger charge is 2.29. The minimum Gasteiger partial charge on any atom is -0.398 e. The molecule has 17 heavy (non-hydrogen) atoms. The molecule has 6 nitrogen and oxygen atoms in total. The van der Waals surface area contributed by atoms with E-state index < -0.39 is 20.8 Å². The first-order chi connectivity index (χ1) is 8.01. The van der Waals surface area contributed by atoms with Gasteiger partial charge in [0, 0.05) is 47.8 Å². The first-order valence-electron chi connectivity index (χ1n) is 5.06. The molecule has 94 valence electrons. The van der Waals surface area contributed by atoms with Crippen molar-refractivity contribution in [2.45, 2.75) is 4.90 Å². The maximum absolute atomic E-state index is 12.2. The van der Waals surface area contributed by atoms with Gasteiger partial charge in [-0.1, -0.05) is 0 Å². The lowest BCUT2D eigenvalue weighted by Gasteiger charge is -2.25. The molecule has 1 fully saturated rings. The number of rotatable bonds is 2. The smallest absolute Gasteiger partial charge is 0.246 e. The van der Waals surface area contributed by atoms with Crippen LogP contribution in [0.1, 0.15) is 0 Å². The maximum Gasteiger partial charge on any atom is 0.246 e. The lowest BCUT2D eigenvalue weighted by atomic mass is 10.4. The van der Waals surface area contributed by atoms with Crippen LogP contribution in [0, 0.1) is 0 Å². The first-order valence-corrected chi connectivity index (χ1v) is 7.99. The molecule has 0 radical (unpaired) electrons. The topological polar surface area (TPSA) is 93.4 Å². The number of nitrogens with zero attached hydrogens (tertiary/aromatic N) is 2. The van der Waals surface area contributed by atoms with Crippen molar-refractivity contribution in [2.75, 3.05) is 30.3 Å². The van der Waals surface area contributed by atoms with Gasteiger partial charge in [-0.2, -0.15) is 4.31 Å². The summed E-state index contributed by atoms with van der Waals surface area (Å²) in [5.74, 6) is 0.749. The number of hydrogen-bond donors (Lipinski definition) is 1. The Hall–Kier alpha value is -0.990. The lowest BCUT2D eigenvalue weighted by Crippen LogP contribution is -2.41. The molecular formula is C9H13N3O3S2. The van der Waals surface area contributed by atoms with E-state index in [0.29, 0.717) is 11.5 Å². The van der Waals surface area contributed by atoms with Crippen LogP contribution in [0.4, 0.5) is 5.69 Å². The van der Waals surface area contributed by atoms with Crippen LogP contribution in [0.5, 0.6) is 0 Å². The molecule has 1 saturated heterocycles. The van der Waals surface area contributed by atoms with Crippen molar-refractivity contribution >= 4 is 26.5 Å². The average Bonchev–Trinajstić information content (AvgIpc) is 2.30. The fourth-order valence-electron chi connectivity index (χ4n) is 1.61. The molecule has 1 aliphatic rings. The summed E-state index contributed by atoms with van der Waals surface area (Å²) in [6.07, 6.45) is 2.69. The van der Waals surface area contributed by atoms with Gasteiger partial charge in [0.2, 0.25) is 10.0 Å². The van der Waals surface area contributed by atoms with Gasteiger partial charge in [0.1, 0.15) is 4.90 Å². The standard InChI is InChI=1S/C9H13N3O3S2/c10-8-1-2-11-7-9(8)17(14,15)12-3-5-16(13)6-4-12/h1-2,7H,3-6H2,(H2,10,11). The summed E-state index contributed by atoms with van der Waals surface area (Å²) >= 11 is 0. The molecule has 2 rings (SSSR count). The normalized spacial score (nSPS) is 19.3. The highest BCUT2D eigenvalue weighted by atomic mass is 32.2. The van der Waals surface area contributed by atoms with E-state index in [1.54, 1.807) is 0 Å². The highest BCUT2D eigenvalue weighted by Crippen LogP contribution is 2.21. The molecule has 0 aliphatic carbocycles. The van der Waals surface area contributed by atoms with Crippen LogP contribution in [0.2, 0.25) is 0 Å². The fraction of sp³-hybridized carbons (Fsp3) is 0.444. The Morgan fingerprint density at radius 3 is 2.59 bits per heavy atom. The van der Waals surface area contributed by atoms with Crippen molar-refractivity contribution in [3.63, 3.8) is 0 Å². The number of pyridine rings is 1. The van der Waals surface area contributed by atoms with Gasteiger partial charge in [-0.05, 0) is 6.07 Å². The molecule has 0 atom stereocenters. The Morgan fingerprint density at radius 1 is 1.35 bits per heavy atom. The third-order valence-corrected chi connectivity index (χ3v) is 5.79. The molecule has 1 aromatic heterocycles. The zero-order valence-corrected chi connectivity index (χ0v) is 10.7. The Kier molecular flexibility index (Phi) is 3.45. The van der Waals surface area contributed by atoms with Gasteiger partial charge < -0.3 is 5.73 Å². The molecule has 1 aromatic rings. The summed E-state index contributed by atoms with van der Waals surface area (Å²) in [6.45, 7) is 0.534. The van der Waals surface area contributed by atoms with Crippen molar-refractivity contribution in [1.82, 2.24) is 9.29 Å². The molecule has 2 N–H and O–H groups in total. The van der Waals surface area contributed by atoms with E-state index >= 15 is 0 Å². The van der Waals surface area contributed by atoms with Crippen LogP contribution in [0.3, 0.4) is 0 Å². The van der Waals surface area contributed by atoms with E-state index in [2.05, 4.69) is 4.98 Å². The second-order valence-corrected chi connectivity index (χ2v) is 7.27. The van der Waals surface area contributed by atoms with Crippen LogP contribution in [0.25, 0.3) is 0 Å². The Morgan fingerprint density at radius 2 is 2.00 bits per heavy atom. The number of aromatic nitrogens is 1. The van der Waals surface area contributed by atoms with Gasteiger partial charge >= 0.3 is 0 Å². The van der Waals surface area contributed by atoms with Crippen molar-refractivity contribution < 1.29 is 12.6 Å². The van der Waals surface area contributed by atoms with Crippen LogP contribution in [0.15, 0.2) is 23.4 Å². The minimum atomic E-state index is -3.60. The largest absolute Gasteiger partial charge is 0.398 e. The van der Waals surface area contributed by atoms with Gasteiger partial charge in [-0.15, -0.1) is 0 Å². The highest BCUT2D eigenvalue weighted by molar-refractivity contribution is 7.89. The number of nitrogens with two attached hydrogens (primary N) is 1. The van der Waals surface area contributed by atoms with Gasteiger partial charge in [0.15, 0.2) is 0 Å². The van der Waals surface area contributed by atoms with Crippen LogP contribution in [-0.4, -0.2) is 46.5 Å². The molecule has 0 bridgehead atoms. The number of anilines is 1. The molecule has 8 heteroatoms. The van der Waals surface area contributed by atoms with Crippen molar-refractivity contribution in [3.05, 3.63) is 18.5 Å². The first kappa shape index (κ1) is 12.5. The Bertz CT molecular complexity index is 534. The van der Waals surface area contributed by atoms with E-state index in [1.807, 2.05) is 0 Å². The summed E-state index contributed by atoms with van der Waals surface area (Å²) in [6, 6.07) is 1.45. The zero-order valence-electron chi connectivity index (χ0n) is 9.07. The summed E-state index contributed by atoms with van der Waals surface area (Å²) in [7, 11) is -4.52. The molecule has 2 heterocycles. The summed E-state index contributed by atoms with van der Waals surface area (Å²) < 4.78 is 36.9.